The molecular weight excluding hydrogens is 350 g/mol. The lowest BCUT2D eigenvalue weighted by Crippen LogP contribution is -2.03. The zero-order chi connectivity index (χ0) is 19.6. The van der Waals surface area contributed by atoms with Crippen molar-refractivity contribution in [2.24, 2.45) is 11.8 Å². The van der Waals surface area contributed by atoms with Crippen molar-refractivity contribution in [3.8, 4) is 11.1 Å². The smallest absolute Gasteiger partial charge is 0.0464 e. The number of hydrogen-bond acceptors (Lipinski definition) is 1. The predicted molar refractivity (Wildman–Crippen MR) is 124 cm³/mol. The molecule has 2 unspecified atom stereocenters. The molecule has 2 aliphatic carbocycles. The SMILES string of the molecule is Cc1ccc(Nc2ccccc2)c(-c2ccccc2C2CC3C=CC=CC3C2)c1. The van der Waals surface area contributed by atoms with Gasteiger partial charge in [0.2, 0.25) is 0 Å². The van der Waals surface area contributed by atoms with Gasteiger partial charge < -0.3 is 5.32 Å². The summed E-state index contributed by atoms with van der Waals surface area (Å²) in [6, 6.07) is 26.2. The van der Waals surface area contributed by atoms with Crippen LogP contribution in [0.3, 0.4) is 0 Å². The topological polar surface area (TPSA) is 12.0 Å². The largest absolute Gasteiger partial charge is 0.355 e. The van der Waals surface area contributed by atoms with E-state index in [1.54, 1.807) is 0 Å². The Hall–Kier alpha value is -3.06. The van der Waals surface area contributed by atoms with Gasteiger partial charge in [0.25, 0.3) is 0 Å². The van der Waals surface area contributed by atoms with Crippen LogP contribution >= 0.6 is 0 Å². The first kappa shape index (κ1) is 18.0. The van der Waals surface area contributed by atoms with E-state index in [4.69, 9.17) is 0 Å². The third-order valence-corrected chi connectivity index (χ3v) is 6.41. The van der Waals surface area contributed by atoms with Gasteiger partial charge in [0.05, 0.1) is 0 Å². The second kappa shape index (κ2) is 7.75. The van der Waals surface area contributed by atoms with Crippen LogP contribution in [-0.2, 0) is 0 Å². The lowest BCUT2D eigenvalue weighted by atomic mass is 9.87. The summed E-state index contributed by atoms with van der Waals surface area (Å²) >= 11 is 0. The highest BCUT2D eigenvalue weighted by molar-refractivity contribution is 5.83. The third kappa shape index (κ3) is 3.65. The summed E-state index contributed by atoms with van der Waals surface area (Å²) in [5, 5.41) is 3.64. The van der Waals surface area contributed by atoms with Crippen molar-refractivity contribution in [3.63, 3.8) is 0 Å². The van der Waals surface area contributed by atoms with E-state index in [0.717, 1.165) is 5.69 Å². The van der Waals surface area contributed by atoms with E-state index in [9.17, 15) is 0 Å². The molecule has 1 N–H and O–H groups in total. The predicted octanol–water partition coefficient (Wildman–Crippen LogP) is 7.64. The number of rotatable bonds is 4. The Bertz CT molecular complexity index is 1040. The Morgan fingerprint density at radius 1 is 0.724 bits per heavy atom. The minimum Gasteiger partial charge on any atom is -0.355 e. The molecule has 29 heavy (non-hydrogen) atoms. The van der Waals surface area contributed by atoms with Crippen molar-refractivity contribution in [2.45, 2.75) is 25.7 Å². The van der Waals surface area contributed by atoms with Crippen molar-refractivity contribution >= 4 is 11.4 Å². The number of para-hydroxylation sites is 1. The molecule has 0 amide bonds. The molecule has 0 aromatic heterocycles. The van der Waals surface area contributed by atoms with Gasteiger partial charge in [-0.05, 0) is 72.9 Å². The van der Waals surface area contributed by atoms with Gasteiger partial charge in [-0.3, -0.25) is 0 Å². The second-order valence-electron chi connectivity index (χ2n) is 8.39. The molecule has 1 fully saturated rings. The van der Waals surface area contributed by atoms with Gasteiger partial charge in [-0.1, -0.05) is 78.4 Å². The first-order chi connectivity index (χ1) is 14.3. The number of nitrogens with one attached hydrogen (secondary N) is 1. The summed E-state index contributed by atoms with van der Waals surface area (Å²) in [6.07, 6.45) is 11.7. The van der Waals surface area contributed by atoms with Crippen LogP contribution in [0.5, 0.6) is 0 Å². The number of anilines is 2. The van der Waals surface area contributed by atoms with E-state index >= 15 is 0 Å². The van der Waals surface area contributed by atoms with Crippen molar-refractivity contribution in [1.82, 2.24) is 0 Å². The van der Waals surface area contributed by atoms with E-state index < -0.39 is 0 Å². The van der Waals surface area contributed by atoms with E-state index in [-0.39, 0.29) is 0 Å². The Kier molecular flexibility index (Phi) is 4.81. The van der Waals surface area contributed by atoms with Gasteiger partial charge in [0.15, 0.2) is 0 Å². The molecule has 1 heteroatoms. The summed E-state index contributed by atoms with van der Waals surface area (Å²) in [4.78, 5) is 0. The standard InChI is InChI=1S/C28H27N/c1-20-15-16-28(29-24-11-3-2-4-12-24)27(17-20)26-14-8-7-13-25(26)23-18-21-9-5-6-10-22(21)19-23/h2-17,21-23,29H,18-19H2,1H3. The monoisotopic (exact) mass is 377 g/mol. The van der Waals surface area contributed by atoms with Gasteiger partial charge in [-0.25, -0.2) is 0 Å². The van der Waals surface area contributed by atoms with Crippen LogP contribution in [0.4, 0.5) is 11.4 Å². The maximum Gasteiger partial charge on any atom is 0.0464 e. The molecule has 3 aromatic rings. The lowest BCUT2D eigenvalue weighted by molar-refractivity contribution is 0.552. The summed E-state index contributed by atoms with van der Waals surface area (Å²) in [5.74, 6) is 1.99. The van der Waals surface area contributed by atoms with Gasteiger partial charge in [-0.2, -0.15) is 0 Å². The average molecular weight is 378 g/mol. The molecule has 0 saturated heterocycles. The molecule has 2 atom stereocenters. The number of hydrogen-bond donors (Lipinski definition) is 1. The van der Waals surface area contributed by atoms with Gasteiger partial charge in [0.1, 0.15) is 0 Å². The average Bonchev–Trinajstić information content (AvgIpc) is 3.20. The summed E-state index contributed by atoms with van der Waals surface area (Å²) in [7, 11) is 0. The first-order valence-electron chi connectivity index (χ1n) is 10.6. The highest BCUT2D eigenvalue weighted by atomic mass is 14.9. The number of fused-ring (bicyclic) bond motifs is 1. The molecule has 0 heterocycles. The van der Waals surface area contributed by atoms with Crippen LogP contribution in [0.15, 0.2) is 97.1 Å². The van der Waals surface area contributed by atoms with Crippen LogP contribution in [0.1, 0.15) is 29.9 Å². The Morgan fingerprint density at radius 3 is 2.17 bits per heavy atom. The van der Waals surface area contributed by atoms with E-state index in [1.807, 2.05) is 0 Å². The Morgan fingerprint density at radius 2 is 1.41 bits per heavy atom. The molecule has 3 aromatic carbocycles. The molecule has 5 rings (SSSR count). The number of allylic oxidation sites excluding steroid dienone is 4. The fourth-order valence-electron chi connectivity index (χ4n) is 4.98. The first-order valence-corrected chi connectivity index (χ1v) is 10.6. The molecule has 144 valence electrons. The Labute approximate surface area is 173 Å². The minimum atomic E-state index is 0.610. The van der Waals surface area contributed by atoms with Gasteiger partial charge in [-0.15, -0.1) is 0 Å². The quantitative estimate of drug-likeness (QED) is 0.492. The lowest BCUT2D eigenvalue weighted by Gasteiger charge is -2.19. The molecule has 1 saturated carbocycles. The molecule has 0 spiro atoms. The van der Waals surface area contributed by atoms with E-state index in [0.29, 0.717) is 17.8 Å². The highest BCUT2D eigenvalue weighted by Gasteiger charge is 2.33. The number of aryl methyl sites for hydroxylation is 1. The zero-order valence-corrected chi connectivity index (χ0v) is 16.9. The van der Waals surface area contributed by atoms with Gasteiger partial charge >= 0.3 is 0 Å². The second-order valence-corrected chi connectivity index (χ2v) is 8.39. The van der Waals surface area contributed by atoms with Crippen molar-refractivity contribution in [2.75, 3.05) is 5.32 Å². The van der Waals surface area contributed by atoms with Crippen LogP contribution in [0, 0.1) is 18.8 Å². The summed E-state index contributed by atoms with van der Waals surface area (Å²) in [6.45, 7) is 2.18. The molecule has 2 aliphatic rings. The zero-order valence-electron chi connectivity index (χ0n) is 16.9. The Balaban J connectivity index is 1.54. The molecule has 0 bridgehead atoms. The molecule has 1 nitrogen and oxygen atoms in total. The van der Waals surface area contributed by atoms with Crippen LogP contribution in [-0.4, -0.2) is 0 Å². The summed E-state index contributed by atoms with van der Waals surface area (Å²) < 4.78 is 0. The third-order valence-electron chi connectivity index (χ3n) is 6.41. The van der Waals surface area contributed by atoms with E-state index in [1.165, 1.54) is 40.8 Å². The molecule has 0 aliphatic heterocycles. The van der Waals surface area contributed by atoms with Crippen LogP contribution in [0.2, 0.25) is 0 Å². The molecule has 0 radical (unpaired) electrons. The fourth-order valence-corrected chi connectivity index (χ4v) is 4.98. The fraction of sp³-hybridized carbons (Fsp3) is 0.214. The highest BCUT2D eigenvalue weighted by Crippen LogP contribution is 2.48. The maximum atomic E-state index is 3.64. The summed E-state index contributed by atoms with van der Waals surface area (Å²) in [5.41, 5.74) is 7.74. The van der Waals surface area contributed by atoms with Crippen LogP contribution < -0.4 is 5.32 Å². The van der Waals surface area contributed by atoms with Crippen molar-refractivity contribution in [3.05, 3.63) is 108 Å². The van der Waals surface area contributed by atoms with Crippen LogP contribution in [0.25, 0.3) is 11.1 Å². The van der Waals surface area contributed by atoms with Crippen molar-refractivity contribution in [1.29, 1.82) is 0 Å². The van der Waals surface area contributed by atoms with Crippen molar-refractivity contribution < 1.29 is 0 Å². The van der Waals surface area contributed by atoms with E-state index in [2.05, 4.69) is 109 Å². The normalized spacial score (nSPS) is 22.4. The number of benzene rings is 3. The van der Waals surface area contributed by atoms with Gasteiger partial charge in [0, 0.05) is 16.9 Å². The maximum absolute atomic E-state index is 3.64. The molecular formula is C28H27N. The minimum absolute atomic E-state index is 0.610.